The number of fused-ring (bicyclic) bond motifs is 3. The minimum atomic E-state index is -1.28. The molecule has 4 aliphatic heterocycles. The van der Waals surface area contributed by atoms with E-state index in [-0.39, 0.29) is 47.9 Å². The van der Waals surface area contributed by atoms with Crippen LogP contribution in [0.15, 0.2) is 11.8 Å². The molecule has 3 aliphatic carbocycles. The zero-order valence-corrected chi connectivity index (χ0v) is 26.3. The molecule has 43 heavy (non-hydrogen) atoms. The monoisotopic (exact) mass is 602 g/mol. The third-order valence-electron chi connectivity index (χ3n) is 12.1. The minimum absolute atomic E-state index is 0.00894. The minimum Gasteiger partial charge on any atom is -0.378 e. The van der Waals surface area contributed by atoms with Gasteiger partial charge in [-0.05, 0) is 71.6 Å². The topological polar surface area (TPSA) is 94.6 Å². The van der Waals surface area contributed by atoms with E-state index >= 15 is 4.39 Å². The number of ether oxygens (including phenoxy) is 2. The lowest BCUT2D eigenvalue weighted by atomic mass is 9.64. The number of morpholine rings is 2. The molecule has 0 aromatic rings. The molecule has 9 atom stereocenters. The standard InChI is InChI=1S/C33H51FN4O5/c1-32(2)16-21(17-33(3,4)38(32)41)35-27-24(34)15-22-28-30(27)43-26-14-20-8-6-5-7-19(20)13-25(26)37(28)18-23(29(22)39)31(40)36-9-11-42-12-10-36/h18-22,24-28,30,35,41H,5-17H2,1-4H3. The fourth-order valence-corrected chi connectivity index (χ4v) is 10.2. The van der Waals surface area contributed by atoms with Gasteiger partial charge < -0.3 is 29.8 Å². The predicted molar refractivity (Wildman–Crippen MR) is 158 cm³/mol. The molecule has 0 aromatic heterocycles. The number of nitrogens with zero attached hydrogens (tertiary/aromatic N) is 3. The smallest absolute Gasteiger partial charge is 0.259 e. The van der Waals surface area contributed by atoms with Gasteiger partial charge in [-0.25, -0.2) is 4.39 Å². The Bertz CT molecular complexity index is 1120. The highest BCUT2D eigenvalue weighted by Gasteiger charge is 2.60. The van der Waals surface area contributed by atoms with Crippen molar-refractivity contribution in [3.63, 3.8) is 0 Å². The quantitative estimate of drug-likeness (QED) is 0.475. The second-order valence-electron chi connectivity index (χ2n) is 15.8. The number of rotatable bonds is 3. The molecule has 4 heterocycles. The molecule has 6 fully saturated rings. The van der Waals surface area contributed by atoms with Gasteiger partial charge in [-0.2, -0.15) is 5.06 Å². The van der Waals surface area contributed by atoms with E-state index in [0.29, 0.717) is 51.0 Å². The van der Waals surface area contributed by atoms with Crippen LogP contribution in [-0.4, -0.2) is 112 Å². The van der Waals surface area contributed by atoms with Crippen molar-refractivity contribution in [3.05, 3.63) is 11.8 Å². The third-order valence-corrected chi connectivity index (χ3v) is 12.1. The van der Waals surface area contributed by atoms with Crippen molar-refractivity contribution in [2.75, 3.05) is 26.3 Å². The van der Waals surface area contributed by atoms with E-state index in [1.807, 2.05) is 33.9 Å². The molecule has 0 radical (unpaired) electrons. The first-order valence-electron chi connectivity index (χ1n) is 16.9. The molecule has 240 valence electrons. The van der Waals surface area contributed by atoms with Crippen LogP contribution in [0, 0.1) is 17.8 Å². The predicted octanol–water partition coefficient (Wildman–Crippen LogP) is 3.45. The van der Waals surface area contributed by atoms with Gasteiger partial charge in [0.15, 0.2) is 5.78 Å². The van der Waals surface area contributed by atoms with Crippen molar-refractivity contribution < 1.29 is 28.7 Å². The Labute approximate surface area is 255 Å². The average Bonchev–Trinajstić information content (AvgIpc) is 2.97. The molecule has 1 amide bonds. The number of nitrogens with one attached hydrogen (secondary N) is 1. The van der Waals surface area contributed by atoms with E-state index < -0.39 is 35.3 Å². The van der Waals surface area contributed by atoms with Crippen LogP contribution >= 0.6 is 0 Å². The Morgan fingerprint density at radius 3 is 2.35 bits per heavy atom. The first-order valence-corrected chi connectivity index (χ1v) is 16.9. The maximum absolute atomic E-state index is 16.5. The highest BCUT2D eigenvalue weighted by molar-refractivity contribution is 6.20. The Balaban J connectivity index is 1.22. The highest BCUT2D eigenvalue weighted by Crippen LogP contribution is 2.50. The molecule has 3 saturated carbocycles. The number of hydrogen-bond donors (Lipinski definition) is 2. The average molecular weight is 603 g/mol. The zero-order valence-electron chi connectivity index (χ0n) is 26.3. The second-order valence-corrected chi connectivity index (χ2v) is 15.8. The molecule has 9 nitrogen and oxygen atoms in total. The van der Waals surface area contributed by atoms with Crippen molar-refractivity contribution in [2.45, 2.75) is 139 Å². The summed E-state index contributed by atoms with van der Waals surface area (Å²) in [6, 6.07) is -0.770. The van der Waals surface area contributed by atoms with Crippen LogP contribution < -0.4 is 5.32 Å². The molecule has 2 N–H and O–H groups in total. The summed E-state index contributed by atoms with van der Waals surface area (Å²) in [6.07, 6.45) is 8.41. The molecule has 0 bridgehead atoms. The van der Waals surface area contributed by atoms with E-state index in [4.69, 9.17) is 9.47 Å². The van der Waals surface area contributed by atoms with Crippen molar-refractivity contribution >= 4 is 11.7 Å². The Morgan fingerprint density at radius 1 is 1.02 bits per heavy atom. The van der Waals surface area contributed by atoms with Crippen LogP contribution in [0.25, 0.3) is 0 Å². The fraction of sp³-hybridized carbons (Fsp3) is 0.879. The summed E-state index contributed by atoms with van der Waals surface area (Å²) < 4.78 is 28.9. The number of piperidine rings is 1. The van der Waals surface area contributed by atoms with Crippen LogP contribution in [0.5, 0.6) is 0 Å². The molecule has 0 aromatic carbocycles. The van der Waals surface area contributed by atoms with Gasteiger partial charge in [0, 0.05) is 42.3 Å². The van der Waals surface area contributed by atoms with Crippen molar-refractivity contribution in [3.8, 4) is 0 Å². The van der Waals surface area contributed by atoms with Gasteiger partial charge in [-0.1, -0.05) is 25.7 Å². The van der Waals surface area contributed by atoms with E-state index in [1.165, 1.54) is 30.7 Å². The van der Waals surface area contributed by atoms with Crippen LogP contribution in [0.2, 0.25) is 0 Å². The van der Waals surface area contributed by atoms with E-state index in [9.17, 15) is 14.8 Å². The second kappa shape index (κ2) is 11.0. The number of ketones is 1. The first-order chi connectivity index (χ1) is 20.4. The largest absolute Gasteiger partial charge is 0.378 e. The summed E-state index contributed by atoms with van der Waals surface area (Å²) >= 11 is 0. The Kier molecular flexibility index (Phi) is 7.72. The molecule has 7 rings (SSSR count). The van der Waals surface area contributed by atoms with Gasteiger partial charge in [0.05, 0.1) is 49.1 Å². The SMILES string of the molecule is CC1(C)CC(NC2C(F)CC3C(=O)C(C(=O)N4CCOCC4)=CN4C5CC6CCCCC6CC5OC2C34)CC(C)(C)N1O. The van der Waals surface area contributed by atoms with Gasteiger partial charge in [-0.15, -0.1) is 0 Å². The Hall–Kier alpha value is -1.59. The number of amides is 1. The maximum atomic E-state index is 16.5. The fourth-order valence-electron chi connectivity index (χ4n) is 10.2. The molecular formula is C33H51FN4O5. The van der Waals surface area contributed by atoms with Crippen molar-refractivity contribution in [1.82, 2.24) is 20.2 Å². The third kappa shape index (κ3) is 5.17. The lowest BCUT2D eigenvalue weighted by molar-refractivity contribution is -0.249. The summed E-state index contributed by atoms with van der Waals surface area (Å²) in [7, 11) is 0. The Morgan fingerprint density at radius 2 is 1.67 bits per heavy atom. The number of halogens is 1. The summed E-state index contributed by atoms with van der Waals surface area (Å²) in [4.78, 5) is 31.8. The van der Waals surface area contributed by atoms with Gasteiger partial charge in [0.1, 0.15) is 6.17 Å². The number of hydroxylamine groups is 2. The van der Waals surface area contributed by atoms with Gasteiger partial charge in [0.2, 0.25) is 0 Å². The molecule has 0 spiro atoms. The lowest BCUT2D eigenvalue weighted by Gasteiger charge is -2.61. The van der Waals surface area contributed by atoms with Crippen LogP contribution in [0.4, 0.5) is 4.39 Å². The summed E-state index contributed by atoms with van der Waals surface area (Å²) in [5, 5.41) is 16.0. The van der Waals surface area contributed by atoms with Gasteiger partial charge in [-0.3, -0.25) is 9.59 Å². The molecule has 7 aliphatic rings. The highest BCUT2D eigenvalue weighted by atomic mass is 19.1. The lowest BCUT2D eigenvalue weighted by Crippen LogP contribution is -2.74. The molecular weight excluding hydrogens is 551 g/mol. The van der Waals surface area contributed by atoms with Crippen LogP contribution in [-0.2, 0) is 19.1 Å². The summed E-state index contributed by atoms with van der Waals surface area (Å²) in [5.41, 5.74) is -0.722. The summed E-state index contributed by atoms with van der Waals surface area (Å²) in [5.74, 6) is 0.179. The number of alkyl halides is 1. The van der Waals surface area contributed by atoms with Crippen LogP contribution in [0.3, 0.4) is 0 Å². The summed E-state index contributed by atoms with van der Waals surface area (Å²) in [6.45, 7) is 9.97. The normalized spacial score (nSPS) is 42.9. The number of hydrogen-bond acceptors (Lipinski definition) is 8. The van der Waals surface area contributed by atoms with E-state index in [0.717, 1.165) is 12.8 Å². The molecule has 3 saturated heterocycles. The van der Waals surface area contributed by atoms with Crippen molar-refractivity contribution in [1.29, 1.82) is 0 Å². The molecule has 9 unspecified atom stereocenters. The van der Waals surface area contributed by atoms with E-state index in [1.54, 1.807) is 4.90 Å². The van der Waals surface area contributed by atoms with Gasteiger partial charge in [0.25, 0.3) is 5.91 Å². The maximum Gasteiger partial charge on any atom is 0.259 e. The number of carbonyl (C=O) groups excluding carboxylic acids is 2. The zero-order chi connectivity index (χ0) is 30.3. The van der Waals surface area contributed by atoms with E-state index in [2.05, 4.69) is 10.2 Å². The van der Waals surface area contributed by atoms with Gasteiger partial charge >= 0.3 is 0 Å². The number of Topliss-reactive ketones (excluding diaryl/α,β-unsaturated/α-hetero) is 1. The molecule has 10 heteroatoms. The van der Waals surface area contributed by atoms with Crippen molar-refractivity contribution in [2.24, 2.45) is 17.8 Å². The van der Waals surface area contributed by atoms with Crippen LogP contribution in [0.1, 0.15) is 85.5 Å². The first kappa shape index (κ1) is 30.1. The number of carbonyl (C=O) groups is 2.